The van der Waals surface area contributed by atoms with Gasteiger partial charge in [-0.05, 0) is 36.8 Å². The van der Waals surface area contributed by atoms with Crippen LogP contribution < -0.4 is 10.6 Å². The Morgan fingerprint density at radius 2 is 1.43 bits per heavy atom. The van der Waals surface area contributed by atoms with Gasteiger partial charge in [0, 0.05) is 11.0 Å². The lowest BCUT2D eigenvalue weighted by Crippen LogP contribution is -2.20. The first-order chi connectivity index (χ1) is 20.9. The van der Waals surface area contributed by atoms with E-state index in [4.69, 9.17) is 21.1 Å². The number of rotatable bonds is 15. The molecule has 0 fully saturated rings. The lowest BCUT2D eigenvalue weighted by Gasteiger charge is -2.17. The molecule has 1 aromatic carbocycles. The third-order valence-corrected chi connectivity index (χ3v) is 8.15. The Labute approximate surface area is 265 Å². The van der Waals surface area contributed by atoms with Crippen LogP contribution in [0.25, 0.3) is 17.0 Å². The maximum Gasteiger partial charge on any atom is 0.411 e. The van der Waals surface area contributed by atoms with Crippen molar-refractivity contribution in [2.24, 2.45) is 11.8 Å². The van der Waals surface area contributed by atoms with E-state index < -0.39 is 12.2 Å². The molecule has 0 aliphatic heterocycles. The van der Waals surface area contributed by atoms with Crippen LogP contribution in [0, 0.1) is 11.8 Å². The van der Waals surface area contributed by atoms with Crippen LogP contribution in [0.4, 0.5) is 21.0 Å². The number of H-pyrrole nitrogens is 1. The minimum atomic E-state index is -0.713. The van der Waals surface area contributed by atoms with Gasteiger partial charge in [0.05, 0.1) is 30.3 Å². The Kier molecular flexibility index (Phi) is 12.7. The van der Waals surface area contributed by atoms with Crippen molar-refractivity contribution in [1.29, 1.82) is 0 Å². The first-order valence-electron chi connectivity index (χ1n) is 15.8. The highest BCUT2D eigenvalue weighted by atomic mass is 35.5. The number of carbonyl (C=O) groups excluding carboxylic acids is 2. The van der Waals surface area contributed by atoms with Gasteiger partial charge in [0.1, 0.15) is 5.02 Å². The van der Waals surface area contributed by atoms with Crippen LogP contribution in [0.15, 0.2) is 12.1 Å². The van der Waals surface area contributed by atoms with Crippen molar-refractivity contribution in [2.45, 2.75) is 105 Å². The highest BCUT2D eigenvalue weighted by Gasteiger charge is 2.26. The van der Waals surface area contributed by atoms with E-state index in [2.05, 4.69) is 53.5 Å². The molecule has 3 aromatic rings. The molecule has 244 valence electrons. The highest BCUT2D eigenvalue weighted by Crippen LogP contribution is 2.38. The van der Waals surface area contributed by atoms with Gasteiger partial charge in [-0.3, -0.25) is 10.6 Å². The third-order valence-electron chi connectivity index (χ3n) is 7.80. The number of aromatic nitrogens is 4. The molecule has 0 radical (unpaired) electrons. The molecule has 3 rings (SSSR count). The van der Waals surface area contributed by atoms with Gasteiger partial charge in [-0.25, -0.2) is 9.59 Å². The molecule has 0 aliphatic carbocycles. The molecule has 0 saturated heterocycles. The summed E-state index contributed by atoms with van der Waals surface area (Å²) in [6.45, 7) is 14.9. The zero-order valence-corrected chi connectivity index (χ0v) is 27.9. The second-order valence-corrected chi connectivity index (χ2v) is 12.8. The van der Waals surface area contributed by atoms with Crippen molar-refractivity contribution in [2.75, 3.05) is 23.8 Å². The molecule has 4 N–H and O–H groups in total. The molecule has 2 aromatic heterocycles. The second-order valence-electron chi connectivity index (χ2n) is 12.4. The fraction of sp³-hybridized carbons (Fsp3) is 0.625. The molecule has 0 saturated carbocycles. The Morgan fingerprint density at radius 3 is 1.84 bits per heavy atom. The zero-order chi connectivity index (χ0) is 32.4. The average Bonchev–Trinajstić information content (AvgIpc) is 3.54. The Hall–Kier alpha value is -3.47. The van der Waals surface area contributed by atoms with E-state index in [1.165, 1.54) is 16.8 Å². The standard InChI is InChI=1S/C32H49ClN6O5/c1-8-12-14-20(10-3)18-43-30(41)34-23-16-22(28-36-29-25(33)27(32(5,6)7)37-39(29)38-28)17-24(26(23)40)35-31(42)44-19-21(11-4)15-13-9-2/h16-17,20-21,40H,8-15,18-19H2,1-7H3,(H,34,41)(H,35,42)(H,36,38). The van der Waals surface area contributed by atoms with E-state index in [-0.39, 0.29) is 47.6 Å². The van der Waals surface area contributed by atoms with Gasteiger partial charge in [-0.2, -0.15) is 5.10 Å². The van der Waals surface area contributed by atoms with Gasteiger partial charge < -0.3 is 19.6 Å². The number of unbranched alkanes of at least 4 members (excludes halogenated alkanes) is 2. The molecule has 2 atom stereocenters. The number of hydrogen-bond donors (Lipinski definition) is 4. The van der Waals surface area contributed by atoms with Crippen LogP contribution >= 0.6 is 11.6 Å². The number of carbonyl (C=O) groups is 2. The number of phenols is 1. The Bertz CT molecular complexity index is 1340. The minimum absolute atomic E-state index is 0.0364. The predicted octanol–water partition coefficient (Wildman–Crippen LogP) is 8.91. The summed E-state index contributed by atoms with van der Waals surface area (Å²) < 4.78 is 12.4. The molecule has 2 heterocycles. The summed E-state index contributed by atoms with van der Waals surface area (Å²) in [5.74, 6) is 0.514. The van der Waals surface area contributed by atoms with E-state index in [1.54, 1.807) is 0 Å². The minimum Gasteiger partial charge on any atom is -0.504 e. The van der Waals surface area contributed by atoms with Crippen molar-refractivity contribution in [3.8, 4) is 17.1 Å². The van der Waals surface area contributed by atoms with Gasteiger partial charge in [0.15, 0.2) is 17.2 Å². The van der Waals surface area contributed by atoms with Gasteiger partial charge in [-0.15, -0.1) is 9.73 Å². The third kappa shape index (κ3) is 9.27. The van der Waals surface area contributed by atoms with E-state index in [1.807, 2.05) is 20.8 Å². The topological polar surface area (TPSA) is 143 Å². The molecular formula is C32H49ClN6O5. The van der Waals surface area contributed by atoms with E-state index in [0.29, 0.717) is 27.8 Å². The summed E-state index contributed by atoms with van der Waals surface area (Å²) in [6.07, 6.45) is 6.54. The lowest BCUT2D eigenvalue weighted by atomic mass is 9.92. The van der Waals surface area contributed by atoms with Crippen molar-refractivity contribution in [3.05, 3.63) is 22.8 Å². The molecule has 2 unspecified atom stereocenters. The first-order valence-corrected chi connectivity index (χ1v) is 16.2. The van der Waals surface area contributed by atoms with Crippen molar-refractivity contribution < 1.29 is 24.2 Å². The molecule has 0 bridgehead atoms. The predicted molar refractivity (Wildman–Crippen MR) is 175 cm³/mol. The van der Waals surface area contributed by atoms with Crippen LogP contribution in [-0.4, -0.2) is 50.3 Å². The first kappa shape index (κ1) is 35.0. The van der Waals surface area contributed by atoms with Crippen molar-refractivity contribution >= 4 is 40.8 Å². The van der Waals surface area contributed by atoms with Crippen LogP contribution in [0.5, 0.6) is 5.75 Å². The van der Waals surface area contributed by atoms with Crippen LogP contribution in [0.1, 0.15) is 106 Å². The normalized spacial score (nSPS) is 13.1. The fourth-order valence-electron chi connectivity index (χ4n) is 4.84. The second kappa shape index (κ2) is 16.0. The summed E-state index contributed by atoms with van der Waals surface area (Å²) in [6, 6.07) is 3.08. The highest BCUT2D eigenvalue weighted by molar-refractivity contribution is 6.34. The van der Waals surface area contributed by atoms with Gasteiger partial charge in [0.2, 0.25) is 0 Å². The molecular weight excluding hydrogens is 584 g/mol. The fourth-order valence-corrected chi connectivity index (χ4v) is 5.29. The van der Waals surface area contributed by atoms with Crippen molar-refractivity contribution in [1.82, 2.24) is 19.8 Å². The summed E-state index contributed by atoms with van der Waals surface area (Å²) in [7, 11) is 0. The number of aromatic hydroxyl groups is 1. The zero-order valence-electron chi connectivity index (χ0n) is 27.2. The van der Waals surface area contributed by atoms with E-state index >= 15 is 0 Å². The molecule has 12 heteroatoms. The molecule has 2 amide bonds. The maximum absolute atomic E-state index is 12.8. The van der Waals surface area contributed by atoms with E-state index in [9.17, 15) is 14.7 Å². The summed E-state index contributed by atoms with van der Waals surface area (Å²) >= 11 is 6.63. The number of halogens is 1. The van der Waals surface area contributed by atoms with Gasteiger partial charge in [-0.1, -0.05) is 98.6 Å². The molecule has 44 heavy (non-hydrogen) atoms. The number of aromatic amines is 1. The summed E-state index contributed by atoms with van der Waals surface area (Å²) in [4.78, 5) is 28.8. The quantitative estimate of drug-likeness (QED) is 0.122. The van der Waals surface area contributed by atoms with E-state index in [0.717, 1.165) is 51.4 Å². The average molecular weight is 633 g/mol. The number of nitrogens with one attached hydrogen (secondary N) is 3. The lowest BCUT2D eigenvalue weighted by molar-refractivity contribution is 0.135. The number of phenolic OH excluding ortho intramolecular Hbond substituents is 1. The molecule has 0 spiro atoms. The number of anilines is 2. The number of nitrogens with zero attached hydrogens (tertiary/aromatic N) is 3. The number of benzene rings is 1. The van der Waals surface area contributed by atoms with Crippen LogP contribution in [0.3, 0.4) is 0 Å². The van der Waals surface area contributed by atoms with Gasteiger partial charge in [0.25, 0.3) is 0 Å². The van der Waals surface area contributed by atoms with Crippen LogP contribution in [0.2, 0.25) is 5.02 Å². The Balaban J connectivity index is 1.89. The van der Waals surface area contributed by atoms with Crippen molar-refractivity contribution in [3.63, 3.8) is 0 Å². The number of amides is 2. The van der Waals surface area contributed by atoms with Crippen LogP contribution in [-0.2, 0) is 14.9 Å². The summed E-state index contributed by atoms with van der Waals surface area (Å²) in [5.41, 5.74) is 1.43. The number of fused-ring (bicyclic) bond motifs is 1. The Morgan fingerprint density at radius 1 is 0.932 bits per heavy atom. The molecule has 11 nitrogen and oxygen atoms in total. The monoisotopic (exact) mass is 632 g/mol. The summed E-state index contributed by atoms with van der Waals surface area (Å²) in [5, 5.41) is 25.9. The number of hydrogen-bond acceptors (Lipinski definition) is 7. The molecule has 0 aliphatic rings. The number of ether oxygens (including phenoxy) is 2. The largest absolute Gasteiger partial charge is 0.504 e. The maximum atomic E-state index is 12.8. The smallest absolute Gasteiger partial charge is 0.411 e. The SMILES string of the molecule is CCCCC(CC)COC(=O)Nc1cc(-c2nn3nc(C(C)(C)C)c(Cl)c3[nH]2)cc(NC(=O)OCC(CC)CCCC)c1O. The van der Waals surface area contributed by atoms with Gasteiger partial charge >= 0.3 is 12.2 Å².